The van der Waals surface area contributed by atoms with Crippen molar-refractivity contribution in [1.82, 2.24) is 9.97 Å². The maximum absolute atomic E-state index is 12.4. The van der Waals surface area contributed by atoms with Gasteiger partial charge in [0.1, 0.15) is 17.0 Å². The summed E-state index contributed by atoms with van der Waals surface area (Å²) >= 11 is 0. The molecule has 0 saturated heterocycles. The molecule has 0 aliphatic carbocycles. The Balaban J connectivity index is 2.12. The minimum Gasteiger partial charge on any atom is -0.497 e. The Morgan fingerprint density at radius 1 is 1.30 bits per heavy atom. The molecular weight excluding hydrogens is 256 g/mol. The Bertz CT molecular complexity index is 778. The average Bonchev–Trinajstić information content (AvgIpc) is 2.84. The first-order valence-corrected chi connectivity index (χ1v) is 6.08. The van der Waals surface area contributed by atoms with Crippen LogP contribution < -0.4 is 4.74 Å². The number of furan rings is 1. The second-order valence-corrected chi connectivity index (χ2v) is 4.34. The van der Waals surface area contributed by atoms with E-state index in [2.05, 4.69) is 9.97 Å². The van der Waals surface area contributed by atoms with E-state index < -0.39 is 0 Å². The number of ketones is 1. The number of fused-ring (bicyclic) bond motifs is 1. The van der Waals surface area contributed by atoms with Crippen LogP contribution in [0.15, 0.2) is 41.2 Å². The van der Waals surface area contributed by atoms with E-state index in [0.29, 0.717) is 11.3 Å². The van der Waals surface area contributed by atoms with Crippen LogP contribution >= 0.6 is 0 Å². The Labute approximate surface area is 115 Å². The van der Waals surface area contributed by atoms with Gasteiger partial charge >= 0.3 is 0 Å². The fraction of sp³-hybridized carbons (Fsp3) is 0.133. The number of ether oxygens (including phenoxy) is 1. The van der Waals surface area contributed by atoms with E-state index in [1.165, 1.54) is 18.6 Å². The highest BCUT2D eigenvalue weighted by molar-refractivity contribution is 6.09. The number of aryl methyl sites for hydroxylation is 1. The molecule has 0 amide bonds. The molecule has 0 saturated carbocycles. The smallest absolute Gasteiger partial charge is 0.248 e. The normalized spacial score (nSPS) is 10.7. The lowest BCUT2D eigenvalue weighted by Gasteiger charge is -1.97. The summed E-state index contributed by atoms with van der Waals surface area (Å²) in [5, 5.41) is 0.887. The maximum Gasteiger partial charge on any atom is 0.248 e. The molecule has 0 fully saturated rings. The van der Waals surface area contributed by atoms with Crippen molar-refractivity contribution in [3.05, 3.63) is 53.8 Å². The van der Waals surface area contributed by atoms with Gasteiger partial charge in [-0.25, -0.2) is 4.98 Å². The van der Waals surface area contributed by atoms with Gasteiger partial charge in [-0.15, -0.1) is 0 Å². The number of rotatable bonds is 3. The number of carbonyl (C=O) groups is 1. The van der Waals surface area contributed by atoms with Gasteiger partial charge in [-0.1, -0.05) is 0 Å². The minimum atomic E-state index is -0.272. The zero-order valence-electron chi connectivity index (χ0n) is 11.1. The van der Waals surface area contributed by atoms with Crippen LogP contribution in [0.2, 0.25) is 0 Å². The van der Waals surface area contributed by atoms with Crippen LogP contribution in [0.1, 0.15) is 21.8 Å². The number of hydrogen-bond acceptors (Lipinski definition) is 5. The van der Waals surface area contributed by atoms with Gasteiger partial charge in [0.05, 0.1) is 13.3 Å². The third kappa shape index (κ3) is 1.93. The third-order valence-electron chi connectivity index (χ3n) is 3.15. The molecule has 0 aliphatic heterocycles. The molecule has 5 nitrogen and oxygen atoms in total. The topological polar surface area (TPSA) is 65.2 Å². The molecule has 2 aromatic heterocycles. The van der Waals surface area contributed by atoms with E-state index in [1.54, 1.807) is 13.2 Å². The number of aromatic nitrogens is 2. The standard InChI is InChI=1S/C15H12N2O3/c1-9-11-4-3-10(19-2)7-13(11)20-15(9)14(18)12-8-16-5-6-17-12/h3-8H,1-2H3. The fourth-order valence-corrected chi connectivity index (χ4v) is 2.08. The van der Waals surface area contributed by atoms with Gasteiger partial charge in [-0.05, 0) is 19.1 Å². The van der Waals surface area contributed by atoms with Gasteiger partial charge < -0.3 is 9.15 Å². The monoisotopic (exact) mass is 268 g/mol. The van der Waals surface area contributed by atoms with Crippen LogP contribution in [0.25, 0.3) is 11.0 Å². The van der Waals surface area contributed by atoms with Gasteiger partial charge in [0.25, 0.3) is 0 Å². The first-order valence-electron chi connectivity index (χ1n) is 6.08. The molecule has 100 valence electrons. The highest BCUT2D eigenvalue weighted by Crippen LogP contribution is 2.29. The predicted octanol–water partition coefficient (Wildman–Crippen LogP) is 2.77. The van der Waals surface area contributed by atoms with E-state index in [4.69, 9.17) is 9.15 Å². The molecule has 0 unspecified atom stereocenters. The van der Waals surface area contributed by atoms with Crippen molar-refractivity contribution in [2.75, 3.05) is 7.11 Å². The maximum atomic E-state index is 12.4. The van der Waals surface area contributed by atoms with Crippen molar-refractivity contribution in [2.24, 2.45) is 0 Å². The molecule has 5 heteroatoms. The van der Waals surface area contributed by atoms with Crippen LogP contribution in [0.4, 0.5) is 0 Å². The van der Waals surface area contributed by atoms with Crippen LogP contribution in [-0.4, -0.2) is 22.9 Å². The molecule has 0 aliphatic rings. The first-order chi connectivity index (χ1) is 9.70. The number of methoxy groups -OCH3 is 1. The molecule has 0 atom stereocenters. The molecule has 0 spiro atoms. The van der Waals surface area contributed by atoms with Crippen LogP contribution in [0, 0.1) is 6.92 Å². The second kappa shape index (κ2) is 4.77. The van der Waals surface area contributed by atoms with Gasteiger partial charge in [0, 0.05) is 29.4 Å². The van der Waals surface area contributed by atoms with E-state index in [0.717, 1.165) is 10.9 Å². The summed E-state index contributed by atoms with van der Waals surface area (Å²) < 4.78 is 10.8. The summed E-state index contributed by atoms with van der Waals surface area (Å²) in [4.78, 5) is 20.3. The molecule has 0 bridgehead atoms. The Kier molecular flexibility index (Phi) is 2.95. The molecule has 0 radical (unpaired) electrons. The summed E-state index contributed by atoms with van der Waals surface area (Å²) in [6.07, 6.45) is 4.43. The van der Waals surface area contributed by atoms with Crippen molar-refractivity contribution in [1.29, 1.82) is 0 Å². The van der Waals surface area contributed by atoms with Gasteiger partial charge in [-0.3, -0.25) is 9.78 Å². The average molecular weight is 268 g/mol. The van der Waals surface area contributed by atoms with E-state index in [9.17, 15) is 4.79 Å². The highest BCUT2D eigenvalue weighted by atomic mass is 16.5. The third-order valence-corrected chi connectivity index (χ3v) is 3.15. The predicted molar refractivity (Wildman–Crippen MR) is 73.0 cm³/mol. The molecule has 1 aromatic carbocycles. The Morgan fingerprint density at radius 2 is 2.15 bits per heavy atom. The second-order valence-electron chi connectivity index (χ2n) is 4.34. The minimum absolute atomic E-state index is 0.265. The molecule has 3 rings (SSSR count). The van der Waals surface area contributed by atoms with Crippen molar-refractivity contribution in [3.63, 3.8) is 0 Å². The zero-order chi connectivity index (χ0) is 14.1. The van der Waals surface area contributed by atoms with Crippen molar-refractivity contribution in [2.45, 2.75) is 6.92 Å². The van der Waals surface area contributed by atoms with Crippen molar-refractivity contribution < 1.29 is 13.9 Å². The molecule has 2 heterocycles. The molecule has 3 aromatic rings. The van der Waals surface area contributed by atoms with Gasteiger partial charge in [0.2, 0.25) is 5.78 Å². The molecule has 0 N–H and O–H groups in total. The van der Waals surface area contributed by atoms with Gasteiger partial charge in [0.15, 0.2) is 5.76 Å². The lowest BCUT2D eigenvalue weighted by atomic mass is 10.1. The SMILES string of the molecule is COc1ccc2c(C)c(C(=O)c3cnccn3)oc2c1. The summed E-state index contributed by atoms with van der Waals surface area (Å²) in [5.74, 6) is 0.698. The number of carbonyl (C=O) groups excluding carboxylic acids is 1. The summed E-state index contributed by atoms with van der Waals surface area (Å²) in [5.41, 5.74) is 1.68. The number of nitrogens with zero attached hydrogens (tertiary/aromatic N) is 2. The van der Waals surface area contributed by atoms with E-state index >= 15 is 0 Å². The quantitative estimate of drug-likeness (QED) is 0.683. The largest absolute Gasteiger partial charge is 0.497 e. The lowest BCUT2D eigenvalue weighted by molar-refractivity contribution is 0.100. The van der Waals surface area contributed by atoms with Crippen LogP contribution in [-0.2, 0) is 0 Å². The van der Waals surface area contributed by atoms with Crippen molar-refractivity contribution in [3.8, 4) is 5.75 Å². The van der Waals surface area contributed by atoms with Crippen molar-refractivity contribution >= 4 is 16.8 Å². The molecular formula is C15H12N2O3. The lowest BCUT2D eigenvalue weighted by Crippen LogP contribution is -2.04. The number of hydrogen-bond donors (Lipinski definition) is 0. The van der Waals surface area contributed by atoms with E-state index in [1.807, 2.05) is 19.1 Å². The highest BCUT2D eigenvalue weighted by Gasteiger charge is 2.20. The first kappa shape index (κ1) is 12.3. The molecule has 20 heavy (non-hydrogen) atoms. The number of benzene rings is 1. The summed E-state index contributed by atoms with van der Waals surface area (Å²) in [6.45, 7) is 1.85. The summed E-state index contributed by atoms with van der Waals surface area (Å²) in [6, 6.07) is 5.47. The Hall–Kier alpha value is -2.69. The fourth-order valence-electron chi connectivity index (χ4n) is 2.08. The Morgan fingerprint density at radius 3 is 2.85 bits per heavy atom. The van der Waals surface area contributed by atoms with E-state index in [-0.39, 0.29) is 17.2 Å². The van der Waals surface area contributed by atoms with Crippen LogP contribution in [0.3, 0.4) is 0 Å². The zero-order valence-corrected chi connectivity index (χ0v) is 11.1. The van der Waals surface area contributed by atoms with Crippen LogP contribution in [0.5, 0.6) is 5.75 Å². The summed E-state index contributed by atoms with van der Waals surface area (Å²) in [7, 11) is 1.59. The van der Waals surface area contributed by atoms with Gasteiger partial charge in [-0.2, -0.15) is 0 Å².